The molecule has 0 bridgehead atoms. The molecule has 0 fully saturated rings. The summed E-state index contributed by atoms with van der Waals surface area (Å²) in [5.41, 5.74) is 12.9. The number of hydrogen-bond acceptors (Lipinski definition) is 4. The largest absolute Gasteiger partial charge is 0.324 e. The Hall–Kier alpha value is -4.22. The Bertz CT molecular complexity index is 1840. The summed E-state index contributed by atoms with van der Waals surface area (Å²) in [5.74, 6) is 5.97. The van der Waals surface area contributed by atoms with Gasteiger partial charge in [0.15, 0.2) is 0 Å². The van der Waals surface area contributed by atoms with Crippen LogP contribution in [0.15, 0.2) is 133 Å². The van der Waals surface area contributed by atoms with Crippen molar-refractivity contribution < 1.29 is 0 Å². The minimum atomic E-state index is 0.154. The molecule has 0 saturated carbocycles. The fourth-order valence-corrected chi connectivity index (χ4v) is 7.14. The highest BCUT2D eigenvalue weighted by atomic mass is 32.1. The summed E-state index contributed by atoms with van der Waals surface area (Å²) >= 11 is 1.85. The second kappa shape index (κ2) is 12.7. The molecule has 5 aromatic rings. The second-order valence-corrected chi connectivity index (χ2v) is 11.5. The molecule has 4 aromatic carbocycles. The summed E-state index contributed by atoms with van der Waals surface area (Å²) in [6, 6.07) is 32.6. The van der Waals surface area contributed by atoms with Crippen LogP contribution in [0.4, 0.5) is 5.69 Å². The predicted octanol–water partition coefficient (Wildman–Crippen LogP) is 9.79. The van der Waals surface area contributed by atoms with Crippen molar-refractivity contribution in [3.8, 4) is 11.1 Å². The maximum absolute atomic E-state index is 5.97. The van der Waals surface area contributed by atoms with Crippen molar-refractivity contribution in [1.29, 1.82) is 0 Å². The molecule has 0 saturated heterocycles. The maximum atomic E-state index is 5.97. The Morgan fingerprint density at radius 3 is 2.40 bits per heavy atom. The average Bonchev–Trinajstić information content (AvgIpc) is 3.83. The number of allylic oxidation sites excluding steroid dienone is 5. The molecule has 0 spiro atoms. The number of anilines is 1. The van der Waals surface area contributed by atoms with Gasteiger partial charge in [-0.15, -0.1) is 11.3 Å². The summed E-state index contributed by atoms with van der Waals surface area (Å²) in [4.78, 5) is 0. The van der Waals surface area contributed by atoms with Crippen molar-refractivity contribution in [2.24, 2.45) is 5.84 Å². The number of fused-ring (bicyclic) bond motifs is 3. The van der Waals surface area contributed by atoms with Crippen LogP contribution in [0.5, 0.6) is 0 Å². The monoisotopic (exact) mass is 567 g/mol. The van der Waals surface area contributed by atoms with Gasteiger partial charge in [0.05, 0.1) is 11.7 Å². The average molecular weight is 568 g/mol. The predicted molar refractivity (Wildman–Crippen MR) is 184 cm³/mol. The molecule has 1 heterocycles. The number of hydrogen-bond donors (Lipinski definition) is 3. The molecule has 0 amide bonds. The van der Waals surface area contributed by atoms with E-state index < -0.39 is 0 Å². The number of thiophene rings is 1. The molecule has 1 unspecified atom stereocenters. The van der Waals surface area contributed by atoms with E-state index in [1.807, 2.05) is 37.3 Å². The number of nitrogens with two attached hydrogens (primary N) is 1. The van der Waals surface area contributed by atoms with Crippen LogP contribution in [-0.2, 0) is 6.54 Å². The van der Waals surface area contributed by atoms with Crippen molar-refractivity contribution in [3.63, 3.8) is 0 Å². The van der Waals surface area contributed by atoms with Crippen LogP contribution in [0.25, 0.3) is 36.9 Å². The van der Waals surface area contributed by atoms with Crippen LogP contribution in [0.2, 0.25) is 0 Å². The minimum absolute atomic E-state index is 0.154. The lowest BCUT2D eigenvalue weighted by atomic mass is 9.94. The molecule has 0 aliphatic heterocycles. The van der Waals surface area contributed by atoms with E-state index in [-0.39, 0.29) is 6.04 Å². The first kappa shape index (κ1) is 27.9. The lowest BCUT2D eigenvalue weighted by Gasteiger charge is -2.23. The molecule has 210 valence electrons. The summed E-state index contributed by atoms with van der Waals surface area (Å²) in [5, 5.41) is 6.60. The minimum Gasteiger partial charge on any atom is -0.324 e. The van der Waals surface area contributed by atoms with Gasteiger partial charge in [-0.05, 0) is 70.5 Å². The van der Waals surface area contributed by atoms with E-state index in [1.54, 1.807) is 0 Å². The first-order valence-corrected chi connectivity index (χ1v) is 15.7. The molecule has 42 heavy (non-hydrogen) atoms. The topological polar surface area (TPSA) is 50.1 Å². The number of nitrogens with one attached hydrogen (secondary N) is 2. The van der Waals surface area contributed by atoms with Crippen molar-refractivity contribution in [2.75, 3.05) is 5.43 Å². The SMILES string of the molecule is CC.NNc1ccccc1-c1cc2sc3ccccc3c2cc1CNC(C1=CCC(c2ccccc2)=C1)C1=CC=CC1. The van der Waals surface area contributed by atoms with Gasteiger partial charge in [0, 0.05) is 32.3 Å². The normalized spacial score (nSPS) is 14.8. The molecule has 4 N–H and O–H groups in total. The van der Waals surface area contributed by atoms with Crippen molar-refractivity contribution in [2.45, 2.75) is 39.3 Å². The standard InChI is InChI=1S/C36H31N3S.C2H6/c37-39-33-16-8-6-14-29(33)31-22-35-32(30-15-7-9-17-34(30)40-35)21-28(31)23-38-36(25-12-4-5-13-25)27-19-18-26(20-27)24-10-2-1-3-11-24;1-2/h1-12,14-17,19-22,36,38-39H,13,18,23,37H2;1-2H3. The zero-order valence-electron chi connectivity index (χ0n) is 24.2. The van der Waals surface area contributed by atoms with E-state index in [9.17, 15) is 0 Å². The summed E-state index contributed by atoms with van der Waals surface area (Å²) in [6.07, 6.45) is 13.4. The van der Waals surface area contributed by atoms with Gasteiger partial charge in [-0.1, -0.05) is 111 Å². The lowest BCUT2D eigenvalue weighted by molar-refractivity contribution is 0.631. The second-order valence-electron chi connectivity index (χ2n) is 10.4. The van der Waals surface area contributed by atoms with Crippen LogP contribution in [-0.4, -0.2) is 6.04 Å². The third kappa shape index (κ3) is 5.49. The molecule has 7 rings (SSSR count). The zero-order chi connectivity index (χ0) is 28.9. The van der Waals surface area contributed by atoms with Crippen LogP contribution in [0, 0.1) is 0 Å². The number of benzene rings is 4. The Balaban J connectivity index is 0.00000155. The number of nitrogen functional groups attached to an aromatic ring is 1. The molecule has 2 aliphatic rings. The number of hydrazine groups is 1. The van der Waals surface area contributed by atoms with Crippen molar-refractivity contribution in [3.05, 3.63) is 144 Å². The highest BCUT2D eigenvalue weighted by molar-refractivity contribution is 7.25. The molecule has 3 nitrogen and oxygen atoms in total. The molecular weight excluding hydrogens is 531 g/mol. The fraction of sp³-hybridized carbons (Fsp3) is 0.158. The lowest BCUT2D eigenvalue weighted by Crippen LogP contribution is -2.31. The molecule has 2 aliphatic carbocycles. The molecule has 4 heteroatoms. The van der Waals surface area contributed by atoms with Crippen LogP contribution < -0.4 is 16.6 Å². The van der Waals surface area contributed by atoms with Gasteiger partial charge < -0.3 is 10.7 Å². The Morgan fingerprint density at radius 1 is 0.810 bits per heavy atom. The number of para-hydroxylation sites is 1. The summed E-state index contributed by atoms with van der Waals surface area (Å²) < 4.78 is 2.61. The van der Waals surface area contributed by atoms with E-state index >= 15 is 0 Å². The molecule has 1 aromatic heterocycles. The maximum Gasteiger partial charge on any atom is 0.0563 e. The van der Waals surface area contributed by atoms with Gasteiger partial charge in [-0.3, -0.25) is 5.84 Å². The van der Waals surface area contributed by atoms with E-state index in [2.05, 4.69) is 120 Å². The number of rotatable bonds is 8. The first-order chi connectivity index (χ1) is 20.8. The van der Waals surface area contributed by atoms with E-state index in [0.29, 0.717) is 0 Å². The highest BCUT2D eigenvalue weighted by Gasteiger charge is 2.23. The summed E-state index contributed by atoms with van der Waals surface area (Å²) in [7, 11) is 0. The zero-order valence-corrected chi connectivity index (χ0v) is 25.0. The van der Waals surface area contributed by atoms with Gasteiger partial charge in [-0.25, -0.2) is 0 Å². The van der Waals surface area contributed by atoms with E-state index in [4.69, 9.17) is 5.84 Å². The van der Waals surface area contributed by atoms with Crippen LogP contribution >= 0.6 is 11.3 Å². The Kier molecular flexibility index (Phi) is 8.47. The van der Waals surface area contributed by atoms with Gasteiger partial charge in [-0.2, -0.15) is 0 Å². The molecule has 0 radical (unpaired) electrons. The van der Waals surface area contributed by atoms with Gasteiger partial charge >= 0.3 is 0 Å². The van der Waals surface area contributed by atoms with Crippen molar-refractivity contribution in [1.82, 2.24) is 5.32 Å². The van der Waals surface area contributed by atoms with Gasteiger partial charge in [0.2, 0.25) is 0 Å². The Labute approximate surface area is 252 Å². The van der Waals surface area contributed by atoms with Crippen LogP contribution in [0.3, 0.4) is 0 Å². The molecular formula is C38H37N3S. The first-order valence-electron chi connectivity index (χ1n) is 14.8. The smallest absolute Gasteiger partial charge is 0.0563 e. The van der Waals surface area contributed by atoms with E-state index in [0.717, 1.165) is 30.6 Å². The molecule has 1 atom stereocenters. The fourth-order valence-electron chi connectivity index (χ4n) is 6.01. The quantitative estimate of drug-likeness (QED) is 0.129. The van der Waals surface area contributed by atoms with Crippen molar-refractivity contribution >= 4 is 42.8 Å². The third-order valence-corrected chi connectivity index (χ3v) is 9.15. The third-order valence-electron chi connectivity index (χ3n) is 8.02. The van der Waals surface area contributed by atoms with E-state index in [1.165, 1.54) is 53.6 Å². The summed E-state index contributed by atoms with van der Waals surface area (Å²) in [6.45, 7) is 4.74. The Morgan fingerprint density at radius 2 is 1.60 bits per heavy atom. The van der Waals surface area contributed by atoms with Gasteiger partial charge in [0.25, 0.3) is 0 Å². The van der Waals surface area contributed by atoms with Gasteiger partial charge in [0.1, 0.15) is 0 Å². The van der Waals surface area contributed by atoms with Crippen LogP contribution in [0.1, 0.15) is 37.8 Å². The highest BCUT2D eigenvalue weighted by Crippen LogP contribution is 2.40.